The van der Waals surface area contributed by atoms with E-state index in [4.69, 9.17) is 22.0 Å². The lowest BCUT2D eigenvalue weighted by atomic mass is 10.0. The van der Waals surface area contributed by atoms with E-state index in [1.807, 2.05) is 30.3 Å². The van der Waals surface area contributed by atoms with Gasteiger partial charge in [0.15, 0.2) is 5.96 Å². The van der Waals surface area contributed by atoms with E-state index in [0.717, 1.165) is 22.2 Å². The third-order valence-electron chi connectivity index (χ3n) is 5.87. The van der Waals surface area contributed by atoms with Gasteiger partial charge in [0, 0.05) is 42.0 Å². The normalized spacial score (nSPS) is 11.8. The van der Waals surface area contributed by atoms with Crippen LogP contribution in [0.3, 0.4) is 0 Å². The molecule has 192 valence electrons. The Kier molecular flexibility index (Phi) is 7.96. The van der Waals surface area contributed by atoms with Crippen LogP contribution in [0.25, 0.3) is 28.0 Å². The first kappa shape index (κ1) is 25.6. The summed E-state index contributed by atoms with van der Waals surface area (Å²) >= 11 is 0. The summed E-state index contributed by atoms with van der Waals surface area (Å²) in [6, 6.07) is 16.2. The molecule has 9 N–H and O–H groups in total. The number of carbonyl (C=O) groups is 1. The van der Waals surface area contributed by atoms with E-state index in [2.05, 4.69) is 20.6 Å². The van der Waals surface area contributed by atoms with E-state index in [-0.39, 0.29) is 24.5 Å². The topological polar surface area (TPSA) is 188 Å². The molecular formula is C26H30N8O3. The summed E-state index contributed by atoms with van der Waals surface area (Å²) in [6.07, 6.45) is 2.94. The Morgan fingerprint density at radius 1 is 1.11 bits per heavy atom. The molecule has 0 saturated heterocycles. The number of hydrogen-bond acceptors (Lipinski definition) is 6. The van der Waals surface area contributed by atoms with Gasteiger partial charge < -0.3 is 32.2 Å². The maximum absolute atomic E-state index is 12.7. The Bertz CT molecular complexity index is 1440. The molecule has 0 aliphatic heterocycles. The molecule has 2 aromatic carbocycles. The maximum Gasteiger partial charge on any atom is 0.354 e. The van der Waals surface area contributed by atoms with E-state index in [9.17, 15) is 9.59 Å². The maximum atomic E-state index is 12.7. The van der Waals surface area contributed by atoms with Crippen molar-refractivity contribution < 1.29 is 9.90 Å². The fourth-order valence-corrected chi connectivity index (χ4v) is 3.91. The monoisotopic (exact) mass is 502 g/mol. The number of H-pyrrole nitrogens is 1. The number of carbonyl (C=O) groups excluding carboxylic acids is 1. The number of rotatable bonds is 10. The molecule has 2 heterocycles. The molecular weight excluding hydrogens is 472 g/mol. The summed E-state index contributed by atoms with van der Waals surface area (Å²) in [4.78, 5) is 32.5. The fourth-order valence-electron chi connectivity index (χ4n) is 3.91. The number of fused-ring (bicyclic) bond motifs is 1. The van der Waals surface area contributed by atoms with Crippen molar-refractivity contribution in [3.63, 3.8) is 0 Å². The predicted octanol–water partition coefficient (Wildman–Crippen LogP) is 0.846. The number of benzene rings is 2. The second-order valence-corrected chi connectivity index (χ2v) is 8.72. The Hall–Kier alpha value is -4.48. The number of aliphatic hydroxyl groups is 1. The number of nitrogens with two attached hydrogens (primary N) is 2. The van der Waals surface area contributed by atoms with E-state index in [1.54, 1.807) is 30.5 Å². The van der Waals surface area contributed by atoms with E-state index < -0.39 is 5.69 Å². The molecule has 0 unspecified atom stereocenters. The van der Waals surface area contributed by atoms with Crippen molar-refractivity contribution in [3.8, 4) is 16.9 Å². The largest absolute Gasteiger partial charge is 0.395 e. The molecule has 1 atom stereocenters. The van der Waals surface area contributed by atoms with Gasteiger partial charge in [-0.3, -0.25) is 14.8 Å². The van der Waals surface area contributed by atoms with Crippen molar-refractivity contribution >= 4 is 22.9 Å². The lowest BCUT2D eigenvalue weighted by Crippen LogP contribution is -2.33. The lowest BCUT2D eigenvalue weighted by Gasteiger charge is -2.08. The molecule has 1 amide bonds. The van der Waals surface area contributed by atoms with Crippen LogP contribution in [0.15, 0.2) is 65.6 Å². The van der Waals surface area contributed by atoms with Crippen molar-refractivity contribution in [2.75, 3.05) is 19.7 Å². The SMILES string of the molecule is N=C(N)NCCCNC(=O)c1ccc(-n2cc3cc(-c4ccc(C[C@H](N)CO)cc4)[nH]c3nc2=O)cc1. The smallest absolute Gasteiger partial charge is 0.354 e. The number of nitrogens with one attached hydrogen (secondary N) is 4. The standard InChI is InChI=1S/C26H30N8O3/c27-20(15-35)12-16-2-4-17(5-3-16)22-13-19-14-34(26(37)33-23(19)32-22)21-8-6-18(7-9-21)24(36)30-10-1-11-31-25(28)29/h2-9,13-14,20,35H,1,10-12,15,27H2,(H,30,36)(H4,28,29,31)(H,32,33,37)/t20-/m0/s1. The van der Waals surface area contributed by atoms with Crippen LogP contribution in [0, 0.1) is 5.41 Å². The van der Waals surface area contributed by atoms with Gasteiger partial charge in [-0.25, -0.2) is 4.79 Å². The molecule has 2 aromatic heterocycles. The highest BCUT2D eigenvalue weighted by molar-refractivity contribution is 5.94. The average Bonchev–Trinajstić information content (AvgIpc) is 3.31. The van der Waals surface area contributed by atoms with Crippen LogP contribution in [0.2, 0.25) is 0 Å². The molecule has 0 aliphatic rings. The second-order valence-electron chi connectivity index (χ2n) is 8.72. The van der Waals surface area contributed by atoms with Crippen LogP contribution in [0.5, 0.6) is 0 Å². The summed E-state index contributed by atoms with van der Waals surface area (Å²) in [5, 5.41) is 22.5. The third kappa shape index (κ3) is 6.40. The van der Waals surface area contributed by atoms with Crippen LogP contribution in [-0.2, 0) is 6.42 Å². The van der Waals surface area contributed by atoms with Gasteiger partial charge >= 0.3 is 5.69 Å². The number of aliphatic hydroxyl groups excluding tert-OH is 1. The summed E-state index contributed by atoms with van der Waals surface area (Å²) in [5.41, 5.74) is 14.9. The van der Waals surface area contributed by atoms with Crippen molar-refractivity contribution in [3.05, 3.63) is 82.4 Å². The van der Waals surface area contributed by atoms with Crippen molar-refractivity contribution in [1.82, 2.24) is 25.2 Å². The second kappa shape index (κ2) is 11.5. The minimum absolute atomic E-state index is 0.0655. The van der Waals surface area contributed by atoms with Crippen molar-refractivity contribution in [2.24, 2.45) is 11.5 Å². The first-order chi connectivity index (χ1) is 17.8. The molecule has 0 aliphatic carbocycles. The van der Waals surface area contributed by atoms with E-state index in [1.165, 1.54) is 4.57 Å². The zero-order valence-corrected chi connectivity index (χ0v) is 20.2. The van der Waals surface area contributed by atoms with Crippen molar-refractivity contribution in [2.45, 2.75) is 18.9 Å². The third-order valence-corrected chi connectivity index (χ3v) is 5.87. The van der Waals surface area contributed by atoms with Crippen LogP contribution in [0.1, 0.15) is 22.3 Å². The summed E-state index contributed by atoms with van der Waals surface area (Å²) in [5.74, 6) is -0.329. The summed E-state index contributed by atoms with van der Waals surface area (Å²) < 4.78 is 1.44. The van der Waals surface area contributed by atoms with Crippen LogP contribution in [-0.4, -0.2) is 57.2 Å². The van der Waals surface area contributed by atoms with Crippen LogP contribution < -0.4 is 27.8 Å². The van der Waals surface area contributed by atoms with Gasteiger partial charge in [-0.2, -0.15) is 4.98 Å². The Morgan fingerprint density at radius 2 is 1.81 bits per heavy atom. The van der Waals surface area contributed by atoms with Crippen LogP contribution >= 0.6 is 0 Å². The number of hydrogen-bond donors (Lipinski definition) is 7. The molecule has 0 radical (unpaired) electrons. The first-order valence-corrected chi connectivity index (χ1v) is 11.9. The Morgan fingerprint density at radius 3 is 2.49 bits per heavy atom. The number of aromatic amines is 1. The minimum Gasteiger partial charge on any atom is -0.395 e. The number of guanidine groups is 1. The Balaban J connectivity index is 1.47. The highest BCUT2D eigenvalue weighted by Crippen LogP contribution is 2.23. The molecule has 11 nitrogen and oxygen atoms in total. The summed E-state index contributed by atoms with van der Waals surface area (Å²) in [6.45, 7) is 0.873. The zero-order valence-electron chi connectivity index (χ0n) is 20.2. The van der Waals surface area contributed by atoms with Gasteiger partial charge in [-0.15, -0.1) is 0 Å². The van der Waals surface area contributed by atoms with Gasteiger partial charge in [-0.05, 0) is 54.3 Å². The van der Waals surface area contributed by atoms with Crippen LogP contribution in [0.4, 0.5) is 0 Å². The molecule has 4 rings (SSSR count). The van der Waals surface area contributed by atoms with Gasteiger partial charge in [0.2, 0.25) is 0 Å². The summed E-state index contributed by atoms with van der Waals surface area (Å²) in [7, 11) is 0. The number of nitrogens with zero attached hydrogens (tertiary/aromatic N) is 2. The lowest BCUT2D eigenvalue weighted by molar-refractivity contribution is 0.0953. The molecule has 11 heteroatoms. The highest BCUT2D eigenvalue weighted by atomic mass is 16.3. The molecule has 0 bridgehead atoms. The first-order valence-electron chi connectivity index (χ1n) is 11.9. The van der Waals surface area contributed by atoms with E-state index in [0.29, 0.717) is 42.8 Å². The van der Waals surface area contributed by atoms with Gasteiger partial charge in [0.05, 0.1) is 12.3 Å². The fraction of sp³-hybridized carbons (Fsp3) is 0.231. The van der Waals surface area contributed by atoms with Gasteiger partial charge in [0.1, 0.15) is 5.65 Å². The zero-order chi connectivity index (χ0) is 26.4. The highest BCUT2D eigenvalue weighted by Gasteiger charge is 2.11. The van der Waals surface area contributed by atoms with Crippen molar-refractivity contribution in [1.29, 1.82) is 5.41 Å². The molecule has 0 spiro atoms. The molecule has 37 heavy (non-hydrogen) atoms. The quantitative estimate of drug-likeness (QED) is 0.0950. The minimum atomic E-state index is -0.440. The number of aromatic nitrogens is 3. The van der Waals surface area contributed by atoms with Gasteiger partial charge in [-0.1, -0.05) is 24.3 Å². The van der Waals surface area contributed by atoms with Gasteiger partial charge in [0.25, 0.3) is 5.91 Å². The van der Waals surface area contributed by atoms with E-state index >= 15 is 0 Å². The average molecular weight is 503 g/mol. The number of amides is 1. The molecule has 0 saturated carbocycles. The molecule has 0 fully saturated rings. The predicted molar refractivity (Wildman–Crippen MR) is 143 cm³/mol. The molecule has 4 aromatic rings. The Labute approximate surface area is 213 Å².